The fourth-order valence-corrected chi connectivity index (χ4v) is 2.55. The molecule has 21 heavy (non-hydrogen) atoms. The van der Waals surface area contributed by atoms with E-state index in [0.29, 0.717) is 12.6 Å². The van der Waals surface area contributed by atoms with Gasteiger partial charge in [-0.15, -0.1) is 0 Å². The third-order valence-corrected chi connectivity index (χ3v) is 3.92. The van der Waals surface area contributed by atoms with Crippen LogP contribution in [-0.4, -0.2) is 6.04 Å². The maximum atomic E-state index is 6.00. The summed E-state index contributed by atoms with van der Waals surface area (Å²) in [5, 5.41) is 4.15. The van der Waals surface area contributed by atoms with E-state index in [1.54, 1.807) is 0 Å². The van der Waals surface area contributed by atoms with Crippen molar-refractivity contribution in [3.63, 3.8) is 0 Å². The minimum absolute atomic E-state index is 0.438. The first-order valence-electron chi connectivity index (χ1n) is 6.94. The Morgan fingerprint density at radius 3 is 2.52 bits per heavy atom. The third-order valence-electron chi connectivity index (χ3n) is 3.05. The highest BCUT2D eigenvalue weighted by Crippen LogP contribution is 2.30. The summed E-state index contributed by atoms with van der Waals surface area (Å²) in [6.45, 7) is 5.57. The van der Waals surface area contributed by atoms with Crippen molar-refractivity contribution in [2.45, 2.75) is 33.0 Å². The lowest BCUT2D eigenvalue weighted by Gasteiger charge is -2.15. The molecule has 0 aliphatic heterocycles. The average Bonchev–Trinajstić information content (AvgIpc) is 2.46. The zero-order chi connectivity index (χ0) is 15.2. The Labute approximate surface area is 139 Å². The number of ether oxygens (including phenoxy) is 1. The molecule has 0 aromatic heterocycles. The summed E-state index contributed by atoms with van der Waals surface area (Å²) < 4.78 is 6.97. The van der Waals surface area contributed by atoms with Gasteiger partial charge in [-0.2, -0.15) is 0 Å². The van der Waals surface area contributed by atoms with Crippen LogP contribution in [0.15, 0.2) is 46.9 Å². The molecule has 0 atom stereocenters. The minimum Gasteiger partial charge on any atom is -0.487 e. The lowest BCUT2D eigenvalue weighted by Crippen LogP contribution is -2.22. The van der Waals surface area contributed by atoms with Gasteiger partial charge in [0, 0.05) is 23.2 Å². The molecule has 2 aromatic carbocycles. The van der Waals surface area contributed by atoms with Crippen molar-refractivity contribution in [1.82, 2.24) is 5.32 Å². The first-order valence-corrected chi connectivity index (χ1v) is 8.11. The molecule has 112 valence electrons. The molecule has 0 saturated carbocycles. The van der Waals surface area contributed by atoms with E-state index in [4.69, 9.17) is 16.3 Å². The molecule has 2 nitrogen and oxygen atoms in total. The van der Waals surface area contributed by atoms with Crippen molar-refractivity contribution in [2.75, 3.05) is 0 Å². The smallest absolute Gasteiger partial charge is 0.138 e. The van der Waals surface area contributed by atoms with Crippen LogP contribution >= 0.6 is 27.5 Å². The van der Waals surface area contributed by atoms with Crippen LogP contribution in [0.2, 0.25) is 5.02 Å². The van der Waals surface area contributed by atoms with Crippen LogP contribution < -0.4 is 10.1 Å². The molecular weight excluding hydrogens is 350 g/mol. The second kappa shape index (κ2) is 7.83. The van der Waals surface area contributed by atoms with E-state index in [2.05, 4.69) is 41.2 Å². The van der Waals surface area contributed by atoms with Gasteiger partial charge in [0.1, 0.15) is 12.4 Å². The normalized spacial score (nSPS) is 10.9. The van der Waals surface area contributed by atoms with Crippen LogP contribution in [0.1, 0.15) is 25.0 Å². The Morgan fingerprint density at radius 2 is 1.86 bits per heavy atom. The van der Waals surface area contributed by atoms with E-state index in [1.165, 1.54) is 0 Å². The van der Waals surface area contributed by atoms with Crippen LogP contribution in [0.5, 0.6) is 5.75 Å². The second-order valence-electron chi connectivity index (χ2n) is 5.18. The Balaban J connectivity index is 2.09. The average molecular weight is 369 g/mol. The maximum absolute atomic E-state index is 6.00. The lowest BCUT2D eigenvalue weighted by atomic mass is 10.2. The number of rotatable bonds is 6. The SMILES string of the molecule is CC(C)NCc1cccc(Br)c1OCc1ccc(Cl)cc1. The van der Waals surface area contributed by atoms with Gasteiger partial charge in [0.25, 0.3) is 0 Å². The molecule has 0 unspecified atom stereocenters. The van der Waals surface area contributed by atoms with E-state index >= 15 is 0 Å². The molecule has 1 N–H and O–H groups in total. The number of halogens is 2. The third kappa shape index (κ3) is 5.03. The predicted molar refractivity (Wildman–Crippen MR) is 91.9 cm³/mol. The fourth-order valence-electron chi connectivity index (χ4n) is 1.90. The topological polar surface area (TPSA) is 21.3 Å². The van der Waals surface area contributed by atoms with Crippen LogP contribution in [0.3, 0.4) is 0 Å². The van der Waals surface area contributed by atoms with E-state index < -0.39 is 0 Å². The van der Waals surface area contributed by atoms with Crippen molar-refractivity contribution in [3.05, 3.63) is 63.1 Å². The van der Waals surface area contributed by atoms with Crippen molar-refractivity contribution >= 4 is 27.5 Å². The van der Waals surface area contributed by atoms with Gasteiger partial charge in [0.2, 0.25) is 0 Å². The number of para-hydroxylation sites is 1. The van der Waals surface area contributed by atoms with Gasteiger partial charge >= 0.3 is 0 Å². The highest BCUT2D eigenvalue weighted by atomic mass is 79.9. The molecule has 0 aliphatic carbocycles. The Hall–Kier alpha value is -1.03. The lowest BCUT2D eigenvalue weighted by molar-refractivity contribution is 0.300. The summed E-state index contributed by atoms with van der Waals surface area (Å²) in [6.07, 6.45) is 0. The number of benzene rings is 2. The Morgan fingerprint density at radius 1 is 1.14 bits per heavy atom. The van der Waals surface area contributed by atoms with Gasteiger partial charge in [-0.1, -0.05) is 49.7 Å². The van der Waals surface area contributed by atoms with Crippen molar-refractivity contribution in [1.29, 1.82) is 0 Å². The van der Waals surface area contributed by atoms with Crippen LogP contribution in [-0.2, 0) is 13.2 Å². The highest BCUT2D eigenvalue weighted by Gasteiger charge is 2.09. The number of nitrogens with one attached hydrogen (secondary N) is 1. The molecule has 0 bridgehead atoms. The Bertz CT molecular complexity index is 584. The molecule has 0 radical (unpaired) electrons. The fraction of sp³-hybridized carbons (Fsp3) is 0.294. The highest BCUT2D eigenvalue weighted by molar-refractivity contribution is 9.10. The van der Waals surface area contributed by atoms with Gasteiger partial charge in [0.15, 0.2) is 0 Å². The van der Waals surface area contributed by atoms with Crippen LogP contribution in [0, 0.1) is 0 Å². The molecule has 0 spiro atoms. The monoisotopic (exact) mass is 367 g/mol. The molecule has 0 fully saturated rings. The van der Waals surface area contributed by atoms with Gasteiger partial charge in [-0.25, -0.2) is 0 Å². The number of hydrogen-bond acceptors (Lipinski definition) is 2. The molecule has 4 heteroatoms. The summed E-state index contributed by atoms with van der Waals surface area (Å²) in [5.41, 5.74) is 2.24. The zero-order valence-corrected chi connectivity index (χ0v) is 14.5. The molecule has 2 rings (SSSR count). The van der Waals surface area contributed by atoms with Crippen LogP contribution in [0.25, 0.3) is 0 Å². The zero-order valence-electron chi connectivity index (χ0n) is 12.2. The van der Waals surface area contributed by atoms with Crippen molar-refractivity contribution in [2.24, 2.45) is 0 Å². The first-order chi connectivity index (χ1) is 10.1. The second-order valence-corrected chi connectivity index (χ2v) is 6.47. The number of hydrogen-bond donors (Lipinski definition) is 1. The molecule has 0 aliphatic rings. The summed E-state index contributed by atoms with van der Waals surface area (Å²) in [4.78, 5) is 0. The van der Waals surface area contributed by atoms with E-state index in [0.717, 1.165) is 32.9 Å². The van der Waals surface area contributed by atoms with Gasteiger partial charge < -0.3 is 10.1 Å². The van der Waals surface area contributed by atoms with E-state index in [1.807, 2.05) is 36.4 Å². The van der Waals surface area contributed by atoms with E-state index in [9.17, 15) is 0 Å². The summed E-state index contributed by atoms with van der Waals surface area (Å²) >= 11 is 9.46. The predicted octanol–water partition coefficient (Wildman–Crippen LogP) is 5.18. The quantitative estimate of drug-likeness (QED) is 0.758. The standard InChI is InChI=1S/C17H19BrClNO/c1-12(2)20-10-14-4-3-5-16(18)17(14)21-11-13-6-8-15(19)9-7-13/h3-9,12,20H,10-11H2,1-2H3. The van der Waals surface area contributed by atoms with E-state index in [-0.39, 0.29) is 0 Å². The summed E-state index contributed by atoms with van der Waals surface area (Å²) in [7, 11) is 0. The summed E-state index contributed by atoms with van der Waals surface area (Å²) in [5.74, 6) is 0.889. The molecular formula is C17H19BrClNO. The Kier molecular flexibility index (Phi) is 6.09. The van der Waals surface area contributed by atoms with Gasteiger partial charge in [0.05, 0.1) is 4.47 Å². The van der Waals surface area contributed by atoms with Gasteiger partial charge in [-0.3, -0.25) is 0 Å². The summed E-state index contributed by atoms with van der Waals surface area (Å²) in [6, 6.07) is 14.2. The van der Waals surface area contributed by atoms with Gasteiger partial charge in [-0.05, 0) is 39.7 Å². The molecule has 0 saturated heterocycles. The van der Waals surface area contributed by atoms with Crippen molar-refractivity contribution < 1.29 is 4.74 Å². The molecule has 2 aromatic rings. The van der Waals surface area contributed by atoms with Crippen LogP contribution in [0.4, 0.5) is 0 Å². The van der Waals surface area contributed by atoms with Crippen molar-refractivity contribution in [3.8, 4) is 5.75 Å². The molecule has 0 heterocycles. The molecule has 0 amide bonds. The minimum atomic E-state index is 0.438. The first kappa shape index (κ1) is 16.3. The maximum Gasteiger partial charge on any atom is 0.138 e. The largest absolute Gasteiger partial charge is 0.487 e.